The number of aryl methyl sites for hydroxylation is 2. The molecular weight excluding hydrogens is 366 g/mol. The summed E-state index contributed by atoms with van der Waals surface area (Å²) in [5, 5.41) is 7.57. The number of hydrogen-bond acceptors (Lipinski definition) is 4. The summed E-state index contributed by atoms with van der Waals surface area (Å²) < 4.78 is 2.02. The number of nitrogens with one attached hydrogen (secondary N) is 1. The van der Waals surface area contributed by atoms with Gasteiger partial charge in [0.2, 0.25) is 0 Å². The number of aromatic nitrogens is 2. The molecule has 1 aromatic heterocycles. The molecule has 7 nitrogen and oxygen atoms in total. The highest BCUT2D eigenvalue weighted by molar-refractivity contribution is 5.94. The molecule has 1 aliphatic rings. The van der Waals surface area contributed by atoms with Crippen LogP contribution in [0.4, 0.5) is 10.5 Å². The molecular formula is C22H31N5O2. The number of benzene rings is 1. The molecule has 156 valence electrons. The number of Topliss-reactive ketones (excluding diaryl/α,β-unsaturated/α-hetero) is 1. The van der Waals surface area contributed by atoms with E-state index >= 15 is 0 Å². The predicted octanol–water partition coefficient (Wildman–Crippen LogP) is 2.93. The summed E-state index contributed by atoms with van der Waals surface area (Å²) in [5.74, 6) is 0.0750. The molecule has 1 fully saturated rings. The SMILES string of the molecule is CC(=O)c1ccc(N2CCN(C(=O)NCCCn3nc(C)c(C)c3C)CC2)cc1. The zero-order valence-electron chi connectivity index (χ0n) is 17.9. The van der Waals surface area contributed by atoms with Crippen LogP contribution < -0.4 is 10.2 Å². The van der Waals surface area contributed by atoms with Crippen LogP contribution in [-0.4, -0.2) is 59.2 Å². The van der Waals surface area contributed by atoms with Gasteiger partial charge >= 0.3 is 6.03 Å². The maximum Gasteiger partial charge on any atom is 0.317 e. The summed E-state index contributed by atoms with van der Waals surface area (Å²) in [6.07, 6.45) is 0.857. The highest BCUT2D eigenvalue weighted by Gasteiger charge is 2.21. The molecule has 1 aromatic carbocycles. The topological polar surface area (TPSA) is 70.5 Å². The van der Waals surface area contributed by atoms with Gasteiger partial charge in [-0.15, -0.1) is 0 Å². The van der Waals surface area contributed by atoms with E-state index in [2.05, 4.69) is 29.2 Å². The first-order chi connectivity index (χ1) is 13.9. The van der Waals surface area contributed by atoms with Crippen LogP contribution in [0, 0.1) is 20.8 Å². The maximum absolute atomic E-state index is 12.4. The van der Waals surface area contributed by atoms with Crippen LogP contribution in [0.25, 0.3) is 0 Å². The van der Waals surface area contributed by atoms with Crippen LogP contribution in [0.15, 0.2) is 24.3 Å². The Labute approximate surface area is 172 Å². The zero-order valence-corrected chi connectivity index (χ0v) is 17.9. The van der Waals surface area contributed by atoms with Crippen LogP contribution >= 0.6 is 0 Å². The van der Waals surface area contributed by atoms with Gasteiger partial charge in [-0.25, -0.2) is 4.79 Å². The lowest BCUT2D eigenvalue weighted by molar-refractivity contribution is 0.101. The van der Waals surface area contributed by atoms with Crippen LogP contribution in [-0.2, 0) is 6.54 Å². The smallest absolute Gasteiger partial charge is 0.317 e. The molecule has 2 aromatic rings. The lowest BCUT2D eigenvalue weighted by Crippen LogP contribution is -2.52. The minimum Gasteiger partial charge on any atom is -0.368 e. The molecule has 1 saturated heterocycles. The van der Waals surface area contributed by atoms with Gasteiger partial charge in [-0.2, -0.15) is 5.10 Å². The van der Waals surface area contributed by atoms with E-state index in [1.807, 2.05) is 40.8 Å². The van der Waals surface area contributed by atoms with E-state index in [1.54, 1.807) is 6.92 Å². The van der Waals surface area contributed by atoms with E-state index in [9.17, 15) is 9.59 Å². The van der Waals surface area contributed by atoms with E-state index in [1.165, 1.54) is 11.3 Å². The number of carbonyl (C=O) groups is 2. The minimum absolute atomic E-state index is 0.00104. The highest BCUT2D eigenvalue weighted by Crippen LogP contribution is 2.18. The number of piperazine rings is 1. The van der Waals surface area contributed by atoms with Gasteiger partial charge in [-0.05, 0) is 63.9 Å². The van der Waals surface area contributed by atoms with Gasteiger partial charge in [0.05, 0.1) is 5.69 Å². The normalized spacial score (nSPS) is 14.2. The fourth-order valence-electron chi connectivity index (χ4n) is 3.61. The summed E-state index contributed by atoms with van der Waals surface area (Å²) in [6, 6.07) is 7.68. The van der Waals surface area contributed by atoms with Gasteiger partial charge < -0.3 is 15.1 Å². The fourth-order valence-corrected chi connectivity index (χ4v) is 3.61. The third kappa shape index (κ3) is 4.96. The van der Waals surface area contributed by atoms with Crippen molar-refractivity contribution in [3.63, 3.8) is 0 Å². The monoisotopic (exact) mass is 397 g/mol. The summed E-state index contributed by atoms with van der Waals surface area (Å²) >= 11 is 0. The Morgan fingerprint density at radius 2 is 1.69 bits per heavy atom. The number of carbonyl (C=O) groups excluding carboxylic acids is 2. The number of urea groups is 1. The molecule has 0 radical (unpaired) electrons. The molecule has 0 saturated carbocycles. The Bertz CT molecular complexity index is 864. The molecule has 1 aliphatic heterocycles. The van der Waals surface area contributed by atoms with Gasteiger partial charge in [0.25, 0.3) is 0 Å². The van der Waals surface area contributed by atoms with Crippen molar-refractivity contribution in [2.75, 3.05) is 37.6 Å². The first-order valence-electron chi connectivity index (χ1n) is 10.3. The Hall–Kier alpha value is -2.83. The van der Waals surface area contributed by atoms with Gasteiger partial charge in [0, 0.05) is 56.2 Å². The van der Waals surface area contributed by atoms with Crippen molar-refractivity contribution >= 4 is 17.5 Å². The van der Waals surface area contributed by atoms with E-state index in [4.69, 9.17) is 0 Å². The number of rotatable bonds is 6. The number of amides is 2. The first-order valence-corrected chi connectivity index (χ1v) is 10.3. The number of ketones is 1. The second kappa shape index (κ2) is 9.11. The van der Waals surface area contributed by atoms with E-state index in [0.717, 1.165) is 43.0 Å². The summed E-state index contributed by atoms with van der Waals surface area (Å²) in [7, 11) is 0. The molecule has 29 heavy (non-hydrogen) atoms. The van der Waals surface area contributed by atoms with Crippen LogP contribution in [0.1, 0.15) is 40.7 Å². The lowest BCUT2D eigenvalue weighted by atomic mass is 10.1. The number of anilines is 1. The molecule has 1 N–H and O–H groups in total. The maximum atomic E-state index is 12.4. The molecule has 2 amide bonds. The van der Waals surface area contributed by atoms with Crippen molar-refractivity contribution in [3.05, 3.63) is 46.8 Å². The zero-order chi connectivity index (χ0) is 21.0. The molecule has 0 atom stereocenters. The van der Waals surface area contributed by atoms with Gasteiger partial charge in [0.15, 0.2) is 5.78 Å². The Balaban J connectivity index is 1.40. The summed E-state index contributed by atoms with van der Waals surface area (Å²) in [4.78, 5) is 28.0. The molecule has 2 heterocycles. The molecule has 0 spiro atoms. The quantitative estimate of drug-likeness (QED) is 0.601. The van der Waals surface area contributed by atoms with Crippen molar-refractivity contribution in [1.29, 1.82) is 0 Å². The summed E-state index contributed by atoms with van der Waals surface area (Å²) in [6.45, 7) is 12.2. The second-order valence-electron chi connectivity index (χ2n) is 7.68. The lowest BCUT2D eigenvalue weighted by Gasteiger charge is -2.36. The fraction of sp³-hybridized carbons (Fsp3) is 0.500. The van der Waals surface area contributed by atoms with Crippen LogP contribution in [0.3, 0.4) is 0 Å². The number of nitrogens with zero attached hydrogens (tertiary/aromatic N) is 4. The van der Waals surface area contributed by atoms with Gasteiger partial charge in [-0.3, -0.25) is 9.48 Å². The van der Waals surface area contributed by atoms with Crippen molar-refractivity contribution in [1.82, 2.24) is 20.0 Å². The average molecular weight is 398 g/mol. The highest BCUT2D eigenvalue weighted by atomic mass is 16.2. The van der Waals surface area contributed by atoms with Crippen molar-refractivity contribution in [3.8, 4) is 0 Å². The van der Waals surface area contributed by atoms with E-state index in [0.29, 0.717) is 19.6 Å². The van der Waals surface area contributed by atoms with Crippen LogP contribution in [0.5, 0.6) is 0 Å². The van der Waals surface area contributed by atoms with Crippen molar-refractivity contribution in [2.24, 2.45) is 0 Å². The summed E-state index contributed by atoms with van der Waals surface area (Å²) in [5.41, 5.74) is 5.32. The van der Waals surface area contributed by atoms with E-state index in [-0.39, 0.29) is 11.8 Å². The third-order valence-corrected chi connectivity index (χ3v) is 5.77. The number of hydrogen-bond donors (Lipinski definition) is 1. The molecule has 0 aliphatic carbocycles. The predicted molar refractivity (Wildman–Crippen MR) is 115 cm³/mol. The van der Waals surface area contributed by atoms with Crippen molar-refractivity contribution in [2.45, 2.75) is 40.7 Å². The van der Waals surface area contributed by atoms with Gasteiger partial charge in [-0.1, -0.05) is 0 Å². The molecule has 0 bridgehead atoms. The largest absolute Gasteiger partial charge is 0.368 e. The Morgan fingerprint density at radius 3 is 2.24 bits per heavy atom. The Morgan fingerprint density at radius 1 is 1.03 bits per heavy atom. The second-order valence-corrected chi connectivity index (χ2v) is 7.68. The third-order valence-electron chi connectivity index (χ3n) is 5.77. The minimum atomic E-state index is 0.00104. The molecule has 0 unspecified atom stereocenters. The van der Waals surface area contributed by atoms with Gasteiger partial charge in [0.1, 0.15) is 0 Å². The Kier molecular flexibility index (Phi) is 6.56. The first kappa shape index (κ1) is 20.9. The standard InChI is InChI=1S/C22H31N5O2/c1-16-17(2)24-27(18(16)3)11-5-10-23-22(29)26-14-12-25(13-15-26)21-8-6-20(7-9-21)19(4)28/h6-9H,5,10-15H2,1-4H3,(H,23,29). The molecule has 7 heteroatoms. The van der Waals surface area contributed by atoms with E-state index < -0.39 is 0 Å². The average Bonchev–Trinajstić information content (AvgIpc) is 2.98. The van der Waals surface area contributed by atoms with Crippen molar-refractivity contribution < 1.29 is 9.59 Å². The molecule has 3 rings (SSSR count). The van der Waals surface area contributed by atoms with Crippen LogP contribution in [0.2, 0.25) is 0 Å².